The summed E-state index contributed by atoms with van der Waals surface area (Å²) < 4.78 is 0.458. The van der Waals surface area contributed by atoms with Gasteiger partial charge in [0.05, 0.1) is 21.1 Å². The molecule has 1 unspecified atom stereocenters. The van der Waals surface area contributed by atoms with E-state index >= 15 is 0 Å². The van der Waals surface area contributed by atoms with Crippen molar-refractivity contribution in [2.24, 2.45) is 20.9 Å². The first-order valence-corrected chi connectivity index (χ1v) is 5.30. The Hall–Kier alpha value is -1.15. The summed E-state index contributed by atoms with van der Waals surface area (Å²) in [7, 11) is 3.39. The maximum atomic E-state index is 11.6. The fraction of sp³-hybridized carbons (Fsp3) is 0.800. The minimum absolute atomic E-state index is 0.180. The van der Waals surface area contributed by atoms with E-state index in [0.717, 1.165) is 4.89 Å². The van der Waals surface area contributed by atoms with Crippen LogP contribution in [0.2, 0.25) is 0 Å². The van der Waals surface area contributed by atoms with Crippen molar-refractivity contribution >= 4 is 13.4 Å². The molecule has 15 heavy (non-hydrogen) atoms. The number of aliphatic hydroxyl groups excluding tert-OH is 1. The minimum Gasteiger partial charge on any atom is -0.604 e. The van der Waals surface area contributed by atoms with Crippen LogP contribution in [0.3, 0.4) is 0 Å². The molecule has 1 atom stereocenters. The topological polar surface area (TPSA) is 108 Å². The molecule has 84 valence electrons. The predicted octanol–water partition coefficient (Wildman–Crippen LogP) is -0.663. The quantitative estimate of drug-likeness (QED) is 0.499. The number of hydrogen-bond acceptors (Lipinski definition) is 7. The number of rotatable bonds is 3. The number of quaternary nitrogens is 1. The third-order valence-electron chi connectivity index (χ3n) is 1.35. The Labute approximate surface area is 87.7 Å². The normalized spacial score (nSPS) is 17.5. The molecule has 10 heteroatoms. The van der Waals surface area contributed by atoms with Crippen molar-refractivity contribution in [3.8, 4) is 0 Å². The van der Waals surface area contributed by atoms with Crippen molar-refractivity contribution in [3.63, 3.8) is 0 Å². The summed E-state index contributed by atoms with van der Waals surface area (Å²) in [5.74, 6) is 0. The molecule has 1 rings (SSSR count). The number of aliphatic hydroxyl groups is 1. The van der Waals surface area contributed by atoms with Crippen LogP contribution in [0.5, 0.6) is 0 Å². The van der Waals surface area contributed by atoms with Gasteiger partial charge >= 0.3 is 5.48 Å². The van der Waals surface area contributed by atoms with Gasteiger partial charge in [-0.25, -0.2) is 0 Å². The van der Waals surface area contributed by atoms with Crippen LogP contribution < -0.4 is 10.4 Å². The Kier molecular flexibility index (Phi) is 3.64. The molecular formula is C5H13N7O2P+. The fourth-order valence-electron chi connectivity index (χ4n) is 0.827. The molecule has 1 aliphatic heterocycles. The van der Waals surface area contributed by atoms with Crippen molar-refractivity contribution in [1.82, 2.24) is 10.4 Å². The third-order valence-corrected chi connectivity index (χ3v) is 2.45. The molecule has 0 saturated carbocycles. The second-order valence-electron chi connectivity index (χ2n) is 3.90. The second kappa shape index (κ2) is 4.58. The largest absolute Gasteiger partial charge is 0.604 e. The Balaban J connectivity index is 2.72. The van der Waals surface area contributed by atoms with Crippen molar-refractivity contribution in [2.75, 3.05) is 27.7 Å². The van der Waals surface area contributed by atoms with Gasteiger partial charge in [0.2, 0.25) is 0 Å². The van der Waals surface area contributed by atoms with Crippen molar-refractivity contribution in [3.05, 3.63) is 0 Å². The molecule has 0 spiro atoms. The molecule has 9 nitrogen and oxygen atoms in total. The average molecular weight is 234 g/mol. The average Bonchev–Trinajstić information content (AvgIpc) is 2.15. The van der Waals surface area contributed by atoms with Gasteiger partial charge in [0.15, 0.2) is 6.54 Å². The Morgan fingerprint density at radius 2 is 2.13 bits per heavy atom. The lowest BCUT2D eigenvalue weighted by molar-refractivity contribution is -0.861. The van der Waals surface area contributed by atoms with Gasteiger partial charge < -0.3 is 14.5 Å². The summed E-state index contributed by atoms with van der Waals surface area (Å²) in [5, 5.41) is 22.6. The summed E-state index contributed by atoms with van der Waals surface area (Å²) in [6, 6.07) is 0. The maximum absolute atomic E-state index is 11.6. The van der Waals surface area contributed by atoms with Gasteiger partial charge in [0, 0.05) is 15.3 Å². The first-order valence-electron chi connectivity index (χ1n) is 4.09. The van der Waals surface area contributed by atoms with Crippen LogP contribution in [0.4, 0.5) is 0 Å². The molecule has 1 heterocycles. The SMILES string of the molecule is C[N+](C)(C)CC(O)=[P+]([O-])N1N=NN=NN1. The number of hydrogen-bond donors (Lipinski definition) is 2. The zero-order chi connectivity index (χ0) is 11.5. The number of nitrogens with zero attached hydrogens (tertiary/aromatic N) is 6. The van der Waals surface area contributed by atoms with Crippen LogP contribution in [-0.4, -0.2) is 47.6 Å². The Morgan fingerprint density at radius 1 is 1.47 bits per heavy atom. The summed E-state index contributed by atoms with van der Waals surface area (Å²) in [4.78, 5) is 12.5. The first-order chi connectivity index (χ1) is 6.90. The predicted molar refractivity (Wildman–Crippen MR) is 51.4 cm³/mol. The molecule has 0 amide bonds. The molecule has 0 bridgehead atoms. The monoisotopic (exact) mass is 234 g/mol. The lowest BCUT2D eigenvalue weighted by Crippen LogP contribution is -2.41. The molecule has 2 N–H and O–H groups in total. The van der Waals surface area contributed by atoms with Gasteiger partial charge in [-0.3, -0.25) is 0 Å². The van der Waals surface area contributed by atoms with Gasteiger partial charge in [-0.05, 0) is 10.4 Å². The van der Waals surface area contributed by atoms with Crippen molar-refractivity contribution in [1.29, 1.82) is 0 Å². The van der Waals surface area contributed by atoms with E-state index in [9.17, 15) is 10.00 Å². The molecule has 0 aromatic heterocycles. The highest BCUT2D eigenvalue weighted by molar-refractivity contribution is 7.48. The van der Waals surface area contributed by atoms with Crippen LogP contribution in [0.1, 0.15) is 0 Å². The van der Waals surface area contributed by atoms with E-state index in [1.54, 1.807) is 0 Å². The molecule has 0 aliphatic carbocycles. The molecule has 0 saturated heterocycles. The minimum atomic E-state index is -2.21. The van der Waals surface area contributed by atoms with Crippen molar-refractivity contribution < 1.29 is 14.5 Å². The summed E-state index contributed by atoms with van der Waals surface area (Å²) in [5.41, 5.74) is 2.07. The highest BCUT2D eigenvalue weighted by atomic mass is 31.1. The van der Waals surface area contributed by atoms with E-state index in [4.69, 9.17) is 0 Å². The molecule has 0 aromatic carbocycles. The highest BCUT2D eigenvalue weighted by Gasteiger charge is 2.24. The molecule has 0 fully saturated rings. The highest BCUT2D eigenvalue weighted by Crippen LogP contribution is 2.20. The van der Waals surface area contributed by atoms with E-state index in [0.29, 0.717) is 4.48 Å². The van der Waals surface area contributed by atoms with E-state index in [1.807, 2.05) is 21.1 Å². The zero-order valence-electron chi connectivity index (χ0n) is 8.69. The fourth-order valence-corrected chi connectivity index (χ4v) is 1.82. The van der Waals surface area contributed by atoms with Gasteiger partial charge in [-0.15, -0.1) is 5.53 Å². The molecule has 1 aliphatic rings. The summed E-state index contributed by atoms with van der Waals surface area (Å²) in [6.07, 6.45) is 0. The van der Waals surface area contributed by atoms with Crippen LogP contribution >= 0.6 is 7.92 Å². The molecular weight excluding hydrogens is 221 g/mol. The maximum Gasteiger partial charge on any atom is 0.304 e. The number of hydrazine groups is 1. The second-order valence-corrected chi connectivity index (χ2v) is 5.34. The number of likely N-dealkylation sites (N-methyl/N-ethyl adjacent to an activating group) is 1. The standard InChI is InChI=1S/C5H12N7O2P/c1-12(2,3)4-5(13)15(14)11-9-7-6-8-10-11/h4H2,1-3H3,(H-,6,9,10,13)/p+1. The van der Waals surface area contributed by atoms with E-state index in [1.165, 1.54) is 0 Å². The smallest absolute Gasteiger partial charge is 0.304 e. The molecule has 0 radical (unpaired) electrons. The lowest BCUT2D eigenvalue weighted by atomic mass is 10.5. The lowest BCUT2D eigenvalue weighted by Gasteiger charge is -2.22. The Bertz CT molecular complexity index is 320. The first kappa shape index (κ1) is 11.9. The van der Waals surface area contributed by atoms with Crippen LogP contribution in [0, 0.1) is 0 Å². The number of nitrogens with one attached hydrogen (secondary N) is 1. The molecule has 0 aromatic rings. The van der Waals surface area contributed by atoms with E-state index < -0.39 is 7.92 Å². The summed E-state index contributed by atoms with van der Waals surface area (Å²) >= 11 is 0. The van der Waals surface area contributed by atoms with E-state index in [-0.39, 0.29) is 12.0 Å². The van der Waals surface area contributed by atoms with Crippen LogP contribution in [-0.2, 0) is 0 Å². The van der Waals surface area contributed by atoms with Gasteiger partial charge in [0.1, 0.15) is 0 Å². The van der Waals surface area contributed by atoms with Crippen molar-refractivity contribution in [2.45, 2.75) is 0 Å². The summed E-state index contributed by atoms with van der Waals surface area (Å²) in [6.45, 7) is 0.250. The van der Waals surface area contributed by atoms with Gasteiger partial charge in [-0.2, -0.15) is 0 Å². The third kappa shape index (κ3) is 3.84. The van der Waals surface area contributed by atoms with Gasteiger partial charge in [-0.1, -0.05) is 0 Å². The zero-order valence-corrected chi connectivity index (χ0v) is 9.59. The van der Waals surface area contributed by atoms with Crippen LogP contribution in [0.15, 0.2) is 20.9 Å². The van der Waals surface area contributed by atoms with Crippen LogP contribution in [0.25, 0.3) is 0 Å². The van der Waals surface area contributed by atoms with E-state index in [2.05, 4.69) is 26.4 Å². The Morgan fingerprint density at radius 3 is 2.60 bits per heavy atom. The van der Waals surface area contributed by atoms with Gasteiger partial charge in [0.25, 0.3) is 7.92 Å².